The molecular formula is C23H24N2O4. The number of nitrogens with zero attached hydrogens (tertiary/aromatic N) is 1. The van der Waals surface area contributed by atoms with Gasteiger partial charge in [-0.1, -0.05) is 13.0 Å². The van der Waals surface area contributed by atoms with Crippen molar-refractivity contribution >= 4 is 29.1 Å². The van der Waals surface area contributed by atoms with E-state index >= 15 is 0 Å². The lowest BCUT2D eigenvalue weighted by Crippen LogP contribution is -2.30. The van der Waals surface area contributed by atoms with Crippen LogP contribution in [0.1, 0.15) is 36.5 Å². The minimum absolute atomic E-state index is 0.111. The summed E-state index contributed by atoms with van der Waals surface area (Å²) in [6.45, 7) is 2.13. The van der Waals surface area contributed by atoms with Gasteiger partial charge >= 0.3 is 0 Å². The van der Waals surface area contributed by atoms with E-state index in [4.69, 9.17) is 4.74 Å². The molecule has 0 unspecified atom stereocenters. The zero-order valence-corrected chi connectivity index (χ0v) is 16.6. The van der Waals surface area contributed by atoms with E-state index in [2.05, 4.69) is 12.2 Å². The lowest BCUT2D eigenvalue weighted by molar-refractivity contribution is -0.122. The number of benzene rings is 2. The summed E-state index contributed by atoms with van der Waals surface area (Å²) in [4.78, 5) is 39.4. The summed E-state index contributed by atoms with van der Waals surface area (Å²) in [5, 5.41) is 2.82. The van der Waals surface area contributed by atoms with Gasteiger partial charge in [0.15, 0.2) is 0 Å². The molecule has 150 valence electrons. The molecule has 2 aromatic rings. The van der Waals surface area contributed by atoms with Crippen molar-refractivity contribution in [2.75, 3.05) is 17.3 Å². The molecule has 1 N–H and O–H groups in total. The predicted molar refractivity (Wildman–Crippen MR) is 110 cm³/mol. The second-order valence-electron chi connectivity index (χ2n) is 7.88. The van der Waals surface area contributed by atoms with Crippen LogP contribution in [0.4, 0.5) is 11.4 Å². The Kier molecular flexibility index (Phi) is 5.09. The number of fused-ring (bicyclic) bond motifs is 1. The van der Waals surface area contributed by atoms with Crippen LogP contribution >= 0.6 is 0 Å². The number of rotatable bonds is 4. The highest BCUT2D eigenvalue weighted by molar-refractivity contribution is 6.22. The Balaban J connectivity index is 1.49. The highest BCUT2D eigenvalue weighted by atomic mass is 16.5. The van der Waals surface area contributed by atoms with Crippen LogP contribution in [0, 0.1) is 17.8 Å². The zero-order chi connectivity index (χ0) is 20.5. The van der Waals surface area contributed by atoms with Gasteiger partial charge in [-0.25, -0.2) is 0 Å². The summed E-state index contributed by atoms with van der Waals surface area (Å²) in [6.07, 6.45) is 2.53. The standard InChI is InChI=1S/C23H24N2O4/c1-14-6-11-19-20(12-14)23(28)25(22(19)27)17-9-7-15(8-10-17)21(26)24-16-4-3-5-18(13-16)29-2/h3-5,7-10,13-14,19-20H,6,11-12H2,1-2H3,(H,24,26)/t14-,19+,20-/m1/s1. The Morgan fingerprint density at radius 2 is 1.76 bits per heavy atom. The molecule has 2 fully saturated rings. The third kappa shape index (κ3) is 3.62. The molecule has 0 spiro atoms. The summed E-state index contributed by atoms with van der Waals surface area (Å²) in [6, 6.07) is 13.7. The third-order valence-corrected chi connectivity index (χ3v) is 5.90. The molecule has 4 rings (SSSR count). The molecule has 6 nitrogen and oxygen atoms in total. The summed E-state index contributed by atoms with van der Waals surface area (Å²) in [7, 11) is 1.57. The van der Waals surface area contributed by atoms with Crippen LogP contribution in [0.5, 0.6) is 5.75 Å². The van der Waals surface area contributed by atoms with Crippen molar-refractivity contribution in [1.29, 1.82) is 0 Å². The van der Waals surface area contributed by atoms with Crippen molar-refractivity contribution in [3.05, 3.63) is 54.1 Å². The largest absolute Gasteiger partial charge is 0.497 e. The maximum absolute atomic E-state index is 12.8. The lowest BCUT2D eigenvalue weighted by atomic mass is 9.76. The fraction of sp³-hybridized carbons (Fsp3) is 0.348. The summed E-state index contributed by atoms with van der Waals surface area (Å²) >= 11 is 0. The normalized spacial score (nSPS) is 23.7. The van der Waals surface area contributed by atoms with Gasteiger partial charge in [-0.3, -0.25) is 19.3 Å². The second kappa shape index (κ2) is 7.70. The number of amides is 3. The van der Waals surface area contributed by atoms with Crippen LogP contribution in [-0.4, -0.2) is 24.8 Å². The van der Waals surface area contributed by atoms with E-state index in [1.165, 1.54) is 4.90 Å². The average molecular weight is 392 g/mol. The van der Waals surface area contributed by atoms with Crippen molar-refractivity contribution in [2.45, 2.75) is 26.2 Å². The molecule has 1 aliphatic carbocycles. The molecule has 1 saturated heterocycles. The number of carbonyl (C=O) groups excluding carboxylic acids is 3. The first kappa shape index (κ1) is 19.2. The smallest absolute Gasteiger partial charge is 0.255 e. The van der Waals surface area contributed by atoms with Crippen LogP contribution in [0.15, 0.2) is 48.5 Å². The lowest BCUT2D eigenvalue weighted by Gasteiger charge is -2.25. The van der Waals surface area contributed by atoms with Crippen molar-refractivity contribution in [2.24, 2.45) is 17.8 Å². The minimum atomic E-state index is -0.272. The van der Waals surface area contributed by atoms with E-state index in [0.29, 0.717) is 28.6 Å². The van der Waals surface area contributed by atoms with Crippen LogP contribution in [0.2, 0.25) is 0 Å². The zero-order valence-electron chi connectivity index (χ0n) is 16.6. The van der Waals surface area contributed by atoms with Gasteiger partial charge in [0.2, 0.25) is 11.8 Å². The Hall–Kier alpha value is -3.15. The van der Waals surface area contributed by atoms with Gasteiger partial charge in [0.05, 0.1) is 24.6 Å². The number of hydrogen-bond donors (Lipinski definition) is 1. The highest BCUT2D eigenvalue weighted by Crippen LogP contribution is 2.42. The van der Waals surface area contributed by atoms with E-state index < -0.39 is 0 Å². The van der Waals surface area contributed by atoms with Crippen molar-refractivity contribution < 1.29 is 19.1 Å². The first-order valence-electron chi connectivity index (χ1n) is 9.91. The van der Waals surface area contributed by atoms with Crippen molar-refractivity contribution in [1.82, 2.24) is 0 Å². The Morgan fingerprint density at radius 3 is 2.48 bits per heavy atom. The molecule has 3 atom stereocenters. The number of carbonyl (C=O) groups is 3. The molecule has 6 heteroatoms. The summed E-state index contributed by atoms with van der Waals surface area (Å²) in [5.74, 6) is 0.222. The molecular weight excluding hydrogens is 368 g/mol. The molecule has 1 heterocycles. The van der Waals surface area contributed by atoms with Gasteiger partial charge in [-0.2, -0.15) is 0 Å². The van der Waals surface area contributed by atoms with Crippen LogP contribution in [0.3, 0.4) is 0 Å². The van der Waals surface area contributed by atoms with E-state index in [1.54, 1.807) is 55.6 Å². The number of nitrogens with one attached hydrogen (secondary N) is 1. The molecule has 0 radical (unpaired) electrons. The summed E-state index contributed by atoms with van der Waals surface area (Å²) < 4.78 is 5.16. The highest BCUT2D eigenvalue weighted by Gasteiger charge is 2.49. The molecule has 0 bridgehead atoms. The van der Waals surface area contributed by atoms with Gasteiger partial charge in [-0.15, -0.1) is 0 Å². The van der Waals surface area contributed by atoms with Gasteiger partial charge in [0.1, 0.15) is 5.75 Å². The van der Waals surface area contributed by atoms with Crippen LogP contribution in [0.25, 0.3) is 0 Å². The predicted octanol–water partition coefficient (Wildman–Crippen LogP) is 3.87. The molecule has 0 aromatic heterocycles. The molecule has 1 aliphatic heterocycles. The Labute approximate surface area is 169 Å². The summed E-state index contributed by atoms with van der Waals surface area (Å²) in [5.41, 5.74) is 1.60. The van der Waals surface area contributed by atoms with E-state index in [9.17, 15) is 14.4 Å². The average Bonchev–Trinajstić information content (AvgIpc) is 2.98. The number of imide groups is 1. The first-order valence-corrected chi connectivity index (χ1v) is 9.91. The van der Waals surface area contributed by atoms with Crippen LogP contribution < -0.4 is 15.0 Å². The SMILES string of the molecule is COc1cccc(NC(=O)c2ccc(N3C(=O)[C@H]4CC[C@@H](C)C[C@H]4C3=O)cc2)c1. The fourth-order valence-corrected chi connectivity index (χ4v) is 4.31. The van der Waals surface area contributed by atoms with Gasteiger partial charge in [-0.05, 0) is 61.6 Å². The molecule has 1 saturated carbocycles. The maximum Gasteiger partial charge on any atom is 0.255 e. The number of methoxy groups -OCH3 is 1. The molecule has 29 heavy (non-hydrogen) atoms. The number of ether oxygens (including phenoxy) is 1. The van der Waals surface area contributed by atoms with Gasteiger partial charge in [0.25, 0.3) is 5.91 Å². The van der Waals surface area contributed by atoms with E-state index in [0.717, 1.165) is 19.3 Å². The van der Waals surface area contributed by atoms with Gasteiger partial charge < -0.3 is 10.1 Å². The molecule has 2 aliphatic rings. The van der Waals surface area contributed by atoms with Crippen LogP contribution in [-0.2, 0) is 9.59 Å². The van der Waals surface area contributed by atoms with E-state index in [-0.39, 0.29) is 29.6 Å². The molecule has 3 amide bonds. The fourth-order valence-electron chi connectivity index (χ4n) is 4.31. The number of anilines is 2. The maximum atomic E-state index is 12.8. The third-order valence-electron chi connectivity index (χ3n) is 5.90. The monoisotopic (exact) mass is 392 g/mol. The van der Waals surface area contributed by atoms with E-state index in [1.807, 2.05) is 0 Å². The minimum Gasteiger partial charge on any atom is -0.497 e. The van der Waals surface area contributed by atoms with Crippen molar-refractivity contribution in [3.8, 4) is 5.75 Å². The Bertz CT molecular complexity index is 954. The topological polar surface area (TPSA) is 75.7 Å². The molecule has 2 aromatic carbocycles. The Morgan fingerprint density at radius 1 is 1.03 bits per heavy atom. The second-order valence-corrected chi connectivity index (χ2v) is 7.88. The first-order chi connectivity index (χ1) is 14.0. The quantitative estimate of drug-likeness (QED) is 0.802. The van der Waals surface area contributed by atoms with Gasteiger partial charge in [0, 0.05) is 17.3 Å². The number of hydrogen-bond acceptors (Lipinski definition) is 4. The van der Waals surface area contributed by atoms with Crippen molar-refractivity contribution in [3.63, 3.8) is 0 Å².